The second-order valence-corrected chi connectivity index (χ2v) is 12.1. The highest BCUT2D eigenvalue weighted by Crippen LogP contribution is 2.67. The quantitative estimate of drug-likeness (QED) is 0.599. The number of nitrogens with zero attached hydrogens (tertiary/aromatic N) is 1. The average molecular weight is 479 g/mol. The zero-order valence-corrected chi connectivity index (χ0v) is 20.3. The van der Waals surface area contributed by atoms with Crippen molar-refractivity contribution in [3.05, 3.63) is 48.1 Å². The fourth-order valence-electron chi connectivity index (χ4n) is 7.83. The van der Waals surface area contributed by atoms with Crippen LogP contribution in [0.15, 0.2) is 48.1 Å². The van der Waals surface area contributed by atoms with Crippen LogP contribution < -0.4 is 5.32 Å². The standard InChI is InChI=1S/C27H30N2O4S/c1-25-11-9-16(30)13-15(25)7-8-17-18-10-12-27(33,26(18,2)14-20(31)22(17)25)23(32)29-24-28-19-5-3-4-6-21(19)34-24/h3-6,9,11,13,17-18,20,22,31,33H,7-8,10,12,14H2,1-2H3,(H,28,29,32)/t17?,18?,20-,22?,25?,26?,27-/m0/s1. The van der Waals surface area contributed by atoms with Gasteiger partial charge in [0.15, 0.2) is 10.9 Å². The van der Waals surface area contributed by atoms with Crippen LogP contribution in [0.25, 0.3) is 10.2 Å². The first kappa shape index (κ1) is 22.1. The first-order valence-corrected chi connectivity index (χ1v) is 13.0. The maximum Gasteiger partial charge on any atom is 0.258 e. The third kappa shape index (κ3) is 2.90. The highest BCUT2D eigenvalue weighted by atomic mass is 32.1. The van der Waals surface area contributed by atoms with E-state index in [1.165, 1.54) is 11.3 Å². The molecule has 6 rings (SSSR count). The van der Waals surface area contributed by atoms with Crippen LogP contribution in [0.4, 0.5) is 5.13 Å². The fourth-order valence-corrected chi connectivity index (χ4v) is 8.69. The highest BCUT2D eigenvalue weighted by molar-refractivity contribution is 7.22. The molecule has 0 aliphatic heterocycles. The number of carbonyl (C=O) groups is 2. The Balaban J connectivity index is 1.31. The summed E-state index contributed by atoms with van der Waals surface area (Å²) in [7, 11) is 0. The first-order valence-electron chi connectivity index (χ1n) is 12.2. The minimum absolute atomic E-state index is 0.0165. The van der Waals surface area contributed by atoms with Crippen LogP contribution in [0, 0.1) is 28.6 Å². The molecule has 178 valence electrons. The van der Waals surface area contributed by atoms with E-state index >= 15 is 0 Å². The monoisotopic (exact) mass is 478 g/mol. The molecular formula is C27H30N2O4S. The lowest BCUT2D eigenvalue weighted by atomic mass is 9.46. The third-order valence-corrected chi connectivity index (χ3v) is 10.5. The molecule has 7 heteroatoms. The Hall–Kier alpha value is -2.35. The van der Waals surface area contributed by atoms with Crippen LogP contribution in [0.3, 0.4) is 0 Å². The van der Waals surface area contributed by atoms with Gasteiger partial charge < -0.3 is 10.2 Å². The minimum atomic E-state index is -1.57. The van der Waals surface area contributed by atoms with E-state index in [1.807, 2.05) is 37.3 Å². The molecule has 4 aliphatic carbocycles. The van der Waals surface area contributed by atoms with Crippen LogP contribution in [0.5, 0.6) is 0 Å². The molecule has 0 spiro atoms. The lowest BCUT2D eigenvalue weighted by Crippen LogP contribution is -2.62. The van der Waals surface area contributed by atoms with Crippen molar-refractivity contribution in [3.63, 3.8) is 0 Å². The molecule has 3 N–H and O–H groups in total. The number of ketones is 1. The Bertz CT molecular complexity index is 1230. The molecule has 3 saturated carbocycles. The number of benzene rings is 1. The number of carbonyl (C=O) groups excluding carboxylic acids is 2. The molecule has 7 atom stereocenters. The summed E-state index contributed by atoms with van der Waals surface area (Å²) in [6.07, 6.45) is 7.82. The van der Waals surface area contributed by atoms with Crippen LogP contribution >= 0.6 is 11.3 Å². The van der Waals surface area contributed by atoms with Gasteiger partial charge in [0.1, 0.15) is 5.60 Å². The third-order valence-electron chi connectivity index (χ3n) is 9.54. The van der Waals surface area contributed by atoms with Crippen LogP contribution in [-0.2, 0) is 9.59 Å². The molecular weight excluding hydrogens is 448 g/mol. The molecule has 3 fully saturated rings. The fraction of sp³-hybridized carbons (Fsp3) is 0.519. The summed E-state index contributed by atoms with van der Waals surface area (Å²) >= 11 is 1.40. The number of anilines is 1. The summed E-state index contributed by atoms with van der Waals surface area (Å²) < 4.78 is 0.981. The lowest BCUT2D eigenvalue weighted by molar-refractivity contribution is -0.174. The highest BCUT2D eigenvalue weighted by Gasteiger charge is 2.68. The summed E-state index contributed by atoms with van der Waals surface area (Å²) in [5.41, 5.74) is -0.747. The number of para-hydroxylation sites is 1. The van der Waals surface area contributed by atoms with E-state index in [0.29, 0.717) is 18.0 Å². The van der Waals surface area contributed by atoms with E-state index in [4.69, 9.17) is 0 Å². The Morgan fingerprint density at radius 3 is 2.82 bits per heavy atom. The zero-order valence-electron chi connectivity index (χ0n) is 19.5. The number of amides is 1. The van der Waals surface area contributed by atoms with Gasteiger partial charge in [-0.3, -0.25) is 14.9 Å². The molecule has 1 amide bonds. The van der Waals surface area contributed by atoms with E-state index < -0.39 is 23.0 Å². The number of fused-ring (bicyclic) bond motifs is 6. The van der Waals surface area contributed by atoms with Gasteiger partial charge in [-0.15, -0.1) is 0 Å². The van der Waals surface area contributed by atoms with E-state index in [1.54, 1.807) is 12.2 Å². The number of thiazole rings is 1. The van der Waals surface area contributed by atoms with Crippen LogP contribution in [0.2, 0.25) is 0 Å². The molecule has 0 radical (unpaired) electrons. The number of hydrogen-bond donors (Lipinski definition) is 3. The van der Waals surface area contributed by atoms with Crippen molar-refractivity contribution in [1.82, 2.24) is 4.98 Å². The van der Waals surface area contributed by atoms with Gasteiger partial charge in [-0.05, 0) is 68.2 Å². The van der Waals surface area contributed by atoms with Crippen molar-refractivity contribution in [3.8, 4) is 0 Å². The molecule has 6 nitrogen and oxygen atoms in total. The molecule has 1 heterocycles. The maximum absolute atomic E-state index is 13.5. The van der Waals surface area contributed by atoms with Crippen molar-refractivity contribution in [2.75, 3.05) is 5.32 Å². The van der Waals surface area contributed by atoms with Gasteiger partial charge in [0.25, 0.3) is 5.91 Å². The molecule has 4 aliphatic rings. The largest absolute Gasteiger partial charge is 0.393 e. The Kier molecular flexibility index (Phi) is 4.77. The second-order valence-electron chi connectivity index (χ2n) is 11.1. The van der Waals surface area contributed by atoms with Gasteiger partial charge in [-0.25, -0.2) is 4.98 Å². The topological polar surface area (TPSA) is 99.5 Å². The summed E-state index contributed by atoms with van der Waals surface area (Å²) in [5.74, 6) is -0.130. The summed E-state index contributed by atoms with van der Waals surface area (Å²) in [4.78, 5) is 30.0. The molecule has 2 aromatic rings. The molecule has 34 heavy (non-hydrogen) atoms. The number of aliphatic hydroxyl groups excluding tert-OH is 1. The minimum Gasteiger partial charge on any atom is -0.393 e. The molecule has 1 aromatic carbocycles. The predicted molar refractivity (Wildman–Crippen MR) is 131 cm³/mol. The van der Waals surface area contributed by atoms with E-state index in [2.05, 4.69) is 17.2 Å². The van der Waals surface area contributed by atoms with Gasteiger partial charge in [0, 0.05) is 16.7 Å². The Morgan fingerprint density at radius 2 is 2.03 bits per heavy atom. The van der Waals surface area contributed by atoms with E-state index in [9.17, 15) is 19.8 Å². The number of aromatic nitrogens is 1. The zero-order chi connectivity index (χ0) is 23.9. The summed E-state index contributed by atoms with van der Waals surface area (Å²) in [5, 5.41) is 26.7. The van der Waals surface area contributed by atoms with Gasteiger partial charge >= 0.3 is 0 Å². The van der Waals surface area contributed by atoms with Gasteiger partial charge in [0.2, 0.25) is 0 Å². The number of rotatable bonds is 2. The molecule has 0 saturated heterocycles. The SMILES string of the molecule is CC12C=CC(=O)C=C1CCC1C2[C@@H](O)CC2(C)C1CC[C@]2(O)C(=O)Nc1nc2ccccc2s1. The Morgan fingerprint density at radius 1 is 1.24 bits per heavy atom. The number of nitrogens with one attached hydrogen (secondary N) is 1. The van der Waals surface area contributed by atoms with Crippen LogP contribution in [-0.4, -0.2) is 38.6 Å². The first-order chi connectivity index (χ1) is 16.2. The number of aliphatic hydroxyl groups is 2. The lowest BCUT2D eigenvalue weighted by Gasteiger charge is -2.59. The number of allylic oxidation sites excluding steroid dienone is 4. The van der Waals surface area contributed by atoms with Gasteiger partial charge in [-0.1, -0.05) is 49.0 Å². The summed E-state index contributed by atoms with van der Waals surface area (Å²) in [6, 6.07) is 7.71. The predicted octanol–water partition coefficient (Wildman–Crippen LogP) is 4.24. The van der Waals surface area contributed by atoms with Gasteiger partial charge in [-0.2, -0.15) is 0 Å². The maximum atomic E-state index is 13.5. The van der Waals surface area contributed by atoms with E-state index in [0.717, 1.165) is 35.1 Å². The second kappa shape index (κ2) is 7.33. The average Bonchev–Trinajstić information content (AvgIpc) is 3.32. The number of hydrogen-bond acceptors (Lipinski definition) is 6. The smallest absolute Gasteiger partial charge is 0.258 e. The summed E-state index contributed by atoms with van der Waals surface area (Å²) in [6.45, 7) is 4.11. The van der Waals surface area contributed by atoms with Crippen molar-refractivity contribution < 1.29 is 19.8 Å². The molecule has 1 aromatic heterocycles. The van der Waals surface area contributed by atoms with E-state index in [-0.39, 0.29) is 29.0 Å². The Labute approximate surface area is 202 Å². The van der Waals surface area contributed by atoms with Gasteiger partial charge in [0.05, 0.1) is 16.3 Å². The van der Waals surface area contributed by atoms with Crippen molar-refractivity contribution in [2.24, 2.45) is 28.6 Å². The van der Waals surface area contributed by atoms with Crippen molar-refractivity contribution in [1.29, 1.82) is 0 Å². The molecule has 0 bridgehead atoms. The van der Waals surface area contributed by atoms with Crippen molar-refractivity contribution >= 4 is 38.4 Å². The van der Waals surface area contributed by atoms with Crippen LogP contribution in [0.1, 0.15) is 46.0 Å². The van der Waals surface area contributed by atoms with Crippen molar-refractivity contribution in [2.45, 2.75) is 57.7 Å². The normalized spacial score (nSPS) is 40.9. The molecule has 5 unspecified atom stereocenters.